The van der Waals surface area contributed by atoms with Gasteiger partial charge in [-0.2, -0.15) is 0 Å². The average molecular weight is 773 g/mol. The fraction of sp³-hybridized carbons (Fsp3) is 0.0357. The minimum Gasteiger partial charge on any atom is -0.310 e. The lowest BCUT2D eigenvalue weighted by Crippen LogP contribution is -2.11. The molecule has 11 rings (SSSR count). The lowest BCUT2D eigenvalue weighted by Gasteiger charge is -2.29. The molecule has 2 heterocycles. The summed E-state index contributed by atoms with van der Waals surface area (Å²) >= 11 is 1.88. The van der Waals surface area contributed by atoms with E-state index in [-0.39, 0.29) is 0 Å². The number of thiophene rings is 1. The van der Waals surface area contributed by atoms with Gasteiger partial charge in [-0.3, -0.25) is 0 Å². The van der Waals surface area contributed by atoms with Gasteiger partial charge in [0.2, 0.25) is 0 Å². The molecule has 0 saturated heterocycles. The van der Waals surface area contributed by atoms with Gasteiger partial charge in [0, 0.05) is 59.3 Å². The molecule has 0 unspecified atom stereocenters. The zero-order chi connectivity index (χ0) is 39.5. The van der Waals surface area contributed by atoms with E-state index < -0.39 is 0 Å². The summed E-state index contributed by atoms with van der Waals surface area (Å²) in [5.41, 5.74) is 16.7. The molecule has 0 fully saturated rings. The maximum Gasteiger partial charge on any atom is 0.0541 e. The van der Waals surface area contributed by atoms with E-state index in [1.807, 2.05) is 11.3 Å². The van der Waals surface area contributed by atoms with Gasteiger partial charge >= 0.3 is 0 Å². The van der Waals surface area contributed by atoms with E-state index >= 15 is 0 Å². The van der Waals surface area contributed by atoms with Gasteiger partial charge in [-0.25, -0.2) is 0 Å². The SMILES string of the molecule is Cc1cccc(N(c2cc(C)c(-c3ccccc3)c(-c3ccccc3)c2)c2cc(-c3ccc(-n4c5ccccc5c5ccccc54)cc3)c3sc4ccccc4c3c2)c1. The molecule has 0 N–H and O–H groups in total. The first-order valence-corrected chi connectivity index (χ1v) is 21.1. The van der Waals surface area contributed by atoms with Crippen molar-refractivity contribution in [3.63, 3.8) is 0 Å². The number of hydrogen-bond acceptors (Lipinski definition) is 2. The predicted molar refractivity (Wildman–Crippen MR) is 254 cm³/mol. The van der Waals surface area contributed by atoms with Gasteiger partial charge in [0.1, 0.15) is 0 Å². The highest BCUT2D eigenvalue weighted by atomic mass is 32.1. The highest BCUT2D eigenvalue weighted by molar-refractivity contribution is 7.26. The van der Waals surface area contributed by atoms with E-state index in [1.165, 1.54) is 86.5 Å². The van der Waals surface area contributed by atoms with Crippen LogP contribution < -0.4 is 4.90 Å². The number of para-hydroxylation sites is 2. The summed E-state index contributed by atoms with van der Waals surface area (Å²) < 4.78 is 4.98. The van der Waals surface area contributed by atoms with E-state index in [2.05, 4.69) is 230 Å². The summed E-state index contributed by atoms with van der Waals surface area (Å²) in [4.78, 5) is 2.46. The van der Waals surface area contributed by atoms with Crippen LogP contribution in [-0.4, -0.2) is 4.57 Å². The number of aryl methyl sites for hydroxylation is 2. The second-order valence-corrected chi connectivity index (χ2v) is 16.5. The third kappa shape index (κ3) is 6.02. The maximum atomic E-state index is 2.46. The van der Waals surface area contributed by atoms with E-state index in [1.54, 1.807) is 0 Å². The number of benzene rings is 9. The summed E-state index contributed by atoms with van der Waals surface area (Å²) in [6.45, 7) is 4.44. The highest BCUT2D eigenvalue weighted by Crippen LogP contribution is 2.48. The first-order valence-electron chi connectivity index (χ1n) is 20.3. The second-order valence-electron chi connectivity index (χ2n) is 15.5. The van der Waals surface area contributed by atoms with Gasteiger partial charge in [0.05, 0.1) is 11.0 Å². The predicted octanol–water partition coefficient (Wildman–Crippen LogP) is 16.2. The Morgan fingerprint density at radius 2 is 0.983 bits per heavy atom. The molecular formula is C56H40N2S. The number of fused-ring (bicyclic) bond motifs is 6. The molecule has 11 aromatic rings. The van der Waals surface area contributed by atoms with Crippen LogP contribution in [0.5, 0.6) is 0 Å². The lowest BCUT2D eigenvalue weighted by atomic mass is 9.90. The Morgan fingerprint density at radius 3 is 1.68 bits per heavy atom. The van der Waals surface area contributed by atoms with Gasteiger partial charge in [0.25, 0.3) is 0 Å². The van der Waals surface area contributed by atoms with E-state index in [0.717, 1.165) is 22.7 Å². The molecule has 0 saturated carbocycles. The molecule has 59 heavy (non-hydrogen) atoms. The van der Waals surface area contributed by atoms with Gasteiger partial charge in [0.15, 0.2) is 0 Å². The Bertz CT molecular complexity index is 3280. The van der Waals surface area contributed by atoms with Gasteiger partial charge < -0.3 is 9.47 Å². The Hall–Kier alpha value is -7.20. The van der Waals surface area contributed by atoms with E-state index in [0.29, 0.717) is 0 Å². The van der Waals surface area contributed by atoms with Crippen LogP contribution >= 0.6 is 11.3 Å². The standard InChI is InChI=1S/C56H40N2S/c1-37-16-15-21-43(32-37)57(44-33-38(2)55(41-19-7-4-8-20-41)49(34-44)39-17-5-3-6-18-39)45-35-50(56-51(36-45)48-24-11-14-27-54(48)59-56)40-28-30-42(31-29-40)58-52-25-12-9-22-46(52)47-23-10-13-26-53(47)58/h3-36H,1-2H3. The molecule has 0 amide bonds. The highest BCUT2D eigenvalue weighted by Gasteiger charge is 2.22. The average Bonchev–Trinajstić information content (AvgIpc) is 3.83. The summed E-state index contributed by atoms with van der Waals surface area (Å²) in [6.07, 6.45) is 0. The Kier molecular flexibility index (Phi) is 8.49. The maximum absolute atomic E-state index is 2.46. The van der Waals surface area contributed by atoms with Crippen molar-refractivity contribution in [3.8, 4) is 39.1 Å². The monoisotopic (exact) mass is 772 g/mol. The van der Waals surface area contributed by atoms with Crippen molar-refractivity contribution in [2.75, 3.05) is 4.90 Å². The van der Waals surface area contributed by atoms with Crippen molar-refractivity contribution < 1.29 is 0 Å². The van der Waals surface area contributed by atoms with Crippen LogP contribution in [0.3, 0.4) is 0 Å². The van der Waals surface area contributed by atoms with Crippen LogP contribution in [0.1, 0.15) is 11.1 Å². The quantitative estimate of drug-likeness (QED) is 0.157. The zero-order valence-corrected chi connectivity index (χ0v) is 33.7. The largest absolute Gasteiger partial charge is 0.310 e. The number of rotatable bonds is 7. The zero-order valence-electron chi connectivity index (χ0n) is 32.9. The van der Waals surface area contributed by atoms with E-state index in [9.17, 15) is 0 Å². The molecule has 2 nitrogen and oxygen atoms in total. The first kappa shape index (κ1) is 35.0. The summed E-state index contributed by atoms with van der Waals surface area (Å²) in [5.74, 6) is 0. The topological polar surface area (TPSA) is 8.17 Å². The molecule has 3 heteroatoms. The number of nitrogens with zero attached hydrogens (tertiary/aromatic N) is 2. The smallest absolute Gasteiger partial charge is 0.0541 e. The van der Waals surface area contributed by atoms with Crippen LogP contribution in [0, 0.1) is 13.8 Å². The number of anilines is 3. The lowest BCUT2D eigenvalue weighted by molar-refractivity contribution is 1.18. The Morgan fingerprint density at radius 1 is 0.407 bits per heavy atom. The molecule has 0 aliphatic rings. The number of hydrogen-bond donors (Lipinski definition) is 0. The number of aromatic nitrogens is 1. The molecule has 0 spiro atoms. The minimum atomic E-state index is 1.12. The third-order valence-electron chi connectivity index (χ3n) is 11.7. The van der Waals surface area contributed by atoms with Crippen molar-refractivity contribution in [2.45, 2.75) is 13.8 Å². The Labute approximate surface area is 348 Å². The van der Waals surface area contributed by atoms with E-state index in [4.69, 9.17) is 0 Å². The van der Waals surface area contributed by atoms with Crippen LogP contribution in [0.2, 0.25) is 0 Å². The summed E-state index contributed by atoms with van der Waals surface area (Å²) in [7, 11) is 0. The fourth-order valence-electron chi connectivity index (χ4n) is 9.09. The summed E-state index contributed by atoms with van der Waals surface area (Å²) in [6, 6.07) is 75.6. The van der Waals surface area contributed by atoms with Crippen molar-refractivity contribution in [2.24, 2.45) is 0 Å². The molecule has 0 radical (unpaired) electrons. The molecule has 9 aromatic carbocycles. The molecule has 2 aromatic heterocycles. The minimum absolute atomic E-state index is 1.12. The third-order valence-corrected chi connectivity index (χ3v) is 12.9. The molecule has 0 bridgehead atoms. The van der Waals surface area contributed by atoms with Crippen LogP contribution in [0.4, 0.5) is 17.1 Å². The van der Waals surface area contributed by atoms with Crippen LogP contribution in [-0.2, 0) is 0 Å². The second kappa shape index (κ2) is 14.3. The molecular weight excluding hydrogens is 733 g/mol. The van der Waals surface area contributed by atoms with Crippen molar-refractivity contribution in [1.82, 2.24) is 4.57 Å². The first-order chi connectivity index (χ1) is 29.1. The van der Waals surface area contributed by atoms with Gasteiger partial charge in [-0.1, -0.05) is 140 Å². The van der Waals surface area contributed by atoms with Crippen molar-refractivity contribution in [3.05, 3.63) is 217 Å². The van der Waals surface area contributed by atoms with Gasteiger partial charge in [-0.15, -0.1) is 11.3 Å². The Balaban J connectivity index is 1.14. The molecule has 0 aliphatic heterocycles. The van der Waals surface area contributed by atoms with Crippen LogP contribution in [0.15, 0.2) is 206 Å². The van der Waals surface area contributed by atoms with Crippen molar-refractivity contribution >= 4 is 70.4 Å². The van der Waals surface area contributed by atoms with Crippen LogP contribution in [0.25, 0.3) is 81.0 Å². The molecule has 0 atom stereocenters. The normalized spacial score (nSPS) is 11.6. The molecule has 0 aliphatic carbocycles. The van der Waals surface area contributed by atoms with Gasteiger partial charge in [-0.05, 0) is 120 Å². The summed E-state index contributed by atoms with van der Waals surface area (Å²) in [5, 5.41) is 5.08. The van der Waals surface area contributed by atoms with Crippen molar-refractivity contribution in [1.29, 1.82) is 0 Å². The fourth-order valence-corrected chi connectivity index (χ4v) is 10.3. The molecule has 280 valence electrons.